The fourth-order valence-corrected chi connectivity index (χ4v) is 4.27. The summed E-state index contributed by atoms with van der Waals surface area (Å²) in [6.07, 6.45) is 1.94. The summed E-state index contributed by atoms with van der Waals surface area (Å²) in [5.41, 5.74) is 9.63. The van der Waals surface area contributed by atoms with Crippen molar-refractivity contribution < 1.29 is 19.0 Å². The Labute approximate surface area is 218 Å². The van der Waals surface area contributed by atoms with Gasteiger partial charge in [-0.25, -0.2) is 4.79 Å². The number of rotatable bonds is 7. The van der Waals surface area contributed by atoms with E-state index >= 15 is 0 Å². The van der Waals surface area contributed by atoms with E-state index in [2.05, 4.69) is 33.8 Å². The lowest BCUT2D eigenvalue weighted by molar-refractivity contribution is 0.0734. The van der Waals surface area contributed by atoms with Crippen LogP contribution in [0.25, 0.3) is 0 Å². The van der Waals surface area contributed by atoms with Crippen LogP contribution < -0.4 is 19.9 Å². The van der Waals surface area contributed by atoms with Crippen LogP contribution in [0.4, 0.5) is 0 Å². The maximum Gasteiger partial charge on any atom is 0.343 e. The molecule has 6 nitrogen and oxygen atoms in total. The van der Waals surface area contributed by atoms with Gasteiger partial charge in [-0.1, -0.05) is 70.5 Å². The topological polar surface area (TPSA) is 94.6 Å². The Bertz CT molecular complexity index is 1360. The van der Waals surface area contributed by atoms with Gasteiger partial charge < -0.3 is 19.9 Å². The third-order valence-corrected chi connectivity index (χ3v) is 6.37. The molecule has 0 aromatic heterocycles. The van der Waals surface area contributed by atoms with E-state index in [-0.39, 0.29) is 11.3 Å². The van der Waals surface area contributed by atoms with Gasteiger partial charge in [0.05, 0.1) is 18.1 Å². The minimum absolute atomic E-state index is 0.00973. The Morgan fingerprint density at radius 1 is 1.05 bits per heavy atom. The lowest BCUT2D eigenvalue weighted by Gasteiger charge is -2.28. The molecule has 1 aliphatic heterocycles. The second kappa shape index (κ2) is 10.8. The minimum atomic E-state index is -0.471. The molecule has 4 rings (SSSR count). The number of fused-ring (bicyclic) bond motifs is 1. The highest BCUT2D eigenvalue weighted by Crippen LogP contribution is 2.46. The van der Waals surface area contributed by atoms with Crippen molar-refractivity contribution in [2.75, 3.05) is 6.61 Å². The van der Waals surface area contributed by atoms with Crippen LogP contribution >= 0.6 is 0 Å². The summed E-state index contributed by atoms with van der Waals surface area (Å²) in [5, 5.41) is 9.92. The van der Waals surface area contributed by atoms with Gasteiger partial charge in [0, 0.05) is 17.2 Å². The molecule has 190 valence electrons. The number of nitrogens with two attached hydrogens (primary N) is 1. The monoisotopic (exact) mass is 496 g/mol. The normalized spacial score (nSPS) is 14.8. The number of hydrogen-bond donors (Lipinski definition) is 1. The molecule has 0 spiro atoms. The van der Waals surface area contributed by atoms with Crippen molar-refractivity contribution in [3.8, 4) is 23.3 Å². The summed E-state index contributed by atoms with van der Waals surface area (Å²) in [4.78, 5) is 12.8. The highest BCUT2D eigenvalue weighted by Gasteiger charge is 2.33. The van der Waals surface area contributed by atoms with Gasteiger partial charge in [0.15, 0.2) is 0 Å². The van der Waals surface area contributed by atoms with Crippen LogP contribution in [0.3, 0.4) is 0 Å². The largest absolute Gasteiger partial charge is 0.493 e. The Hall–Kier alpha value is -4.24. The number of hydrogen-bond acceptors (Lipinski definition) is 6. The molecule has 0 amide bonds. The molecule has 0 fully saturated rings. The molecule has 0 radical (unpaired) electrons. The fourth-order valence-electron chi connectivity index (χ4n) is 4.27. The number of allylic oxidation sites excluding steroid dienone is 1. The van der Waals surface area contributed by atoms with Crippen molar-refractivity contribution in [1.82, 2.24) is 0 Å². The molecule has 1 heterocycles. The zero-order valence-corrected chi connectivity index (χ0v) is 21.7. The van der Waals surface area contributed by atoms with E-state index in [1.165, 1.54) is 0 Å². The molecule has 6 heteroatoms. The predicted octanol–water partition coefficient (Wildman–Crippen LogP) is 6.60. The van der Waals surface area contributed by atoms with E-state index in [1.807, 2.05) is 36.4 Å². The van der Waals surface area contributed by atoms with Crippen LogP contribution in [0.5, 0.6) is 17.2 Å². The number of para-hydroxylation sites is 1. The van der Waals surface area contributed by atoms with Crippen LogP contribution in [-0.2, 0) is 5.41 Å². The second-order valence-corrected chi connectivity index (χ2v) is 10.1. The van der Waals surface area contributed by atoms with E-state index < -0.39 is 11.9 Å². The van der Waals surface area contributed by atoms with Gasteiger partial charge in [0.25, 0.3) is 0 Å². The van der Waals surface area contributed by atoms with E-state index in [1.54, 1.807) is 30.3 Å². The van der Waals surface area contributed by atoms with Crippen molar-refractivity contribution in [1.29, 1.82) is 5.26 Å². The van der Waals surface area contributed by atoms with Gasteiger partial charge in [-0.05, 0) is 41.7 Å². The summed E-state index contributed by atoms with van der Waals surface area (Å²) in [7, 11) is 0. The quantitative estimate of drug-likeness (QED) is 0.225. The smallest absolute Gasteiger partial charge is 0.343 e. The van der Waals surface area contributed by atoms with Gasteiger partial charge in [-0.2, -0.15) is 5.26 Å². The summed E-state index contributed by atoms with van der Waals surface area (Å²) in [6.45, 7) is 9.04. The highest BCUT2D eigenvalue weighted by atomic mass is 16.5. The number of esters is 1. The van der Waals surface area contributed by atoms with E-state index in [9.17, 15) is 10.1 Å². The third kappa shape index (κ3) is 5.62. The number of unbranched alkanes of at least 4 members (excludes halogenated alkanes) is 1. The standard InChI is InChI=1S/C31H32N2O4/c1-5-6-17-35-26-10-8-7-9-23(26)28-24-16-15-22(18-27(24)37-29(33)25(28)19-32)36-30(34)20-11-13-21(14-12-20)31(2,3)4/h7-16,18,28H,5-6,17,33H2,1-4H3. The molecule has 0 saturated heterocycles. The minimum Gasteiger partial charge on any atom is -0.493 e. The van der Waals surface area contributed by atoms with Crippen LogP contribution in [0.15, 0.2) is 78.2 Å². The molecule has 3 aromatic rings. The number of ether oxygens (including phenoxy) is 3. The van der Waals surface area contributed by atoms with Crippen molar-refractivity contribution in [2.45, 2.75) is 51.9 Å². The lowest BCUT2D eigenvalue weighted by atomic mass is 9.83. The average molecular weight is 497 g/mol. The number of benzene rings is 3. The van der Waals surface area contributed by atoms with Gasteiger partial charge in [-0.3, -0.25) is 0 Å². The first-order valence-electron chi connectivity index (χ1n) is 12.5. The fraction of sp³-hybridized carbons (Fsp3) is 0.290. The average Bonchev–Trinajstić information content (AvgIpc) is 2.88. The Balaban J connectivity index is 1.64. The Morgan fingerprint density at radius 3 is 2.46 bits per heavy atom. The van der Waals surface area contributed by atoms with Crippen molar-refractivity contribution in [2.24, 2.45) is 5.73 Å². The Morgan fingerprint density at radius 2 is 1.78 bits per heavy atom. The van der Waals surface area contributed by atoms with Gasteiger partial charge in [-0.15, -0.1) is 0 Å². The molecule has 1 atom stereocenters. The molecule has 0 saturated carbocycles. The molecule has 37 heavy (non-hydrogen) atoms. The molecule has 2 N–H and O–H groups in total. The number of nitrogens with zero attached hydrogens (tertiary/aromatic N) is 1. The van der Waals surface area contributed by atoms with Crippen LogP contribution in [-0.4, -0.2) is 12.6 Å². The first-order valence-corrected chi connectivity index (χ1v) is 12.5. The highest BCUT2D eigenvalue weighted by molar-refractivity contribution is 5.91. The van der Waals surface area contributed by atoms with Crippen LogP contribution in [0.1, 0.15) is 73.5 Å². The summed E-state index contributed by atoms with van der Waals surface area (Å²) >= 11 is 0. The second-order valence-electron chi connectivity index (χ2n) is 10.1. The maximum absolute atomic E-state index is 12.8. The number of carbonyl (C=O) groups excluding carboxylic acids is 1. The lowest BCUT2D eigenvalue weighted by Crippen LogP contribution is -2.21. The van der Waals surface area contributed by atoms with Crippen molar-refractivity contribution in [3.63, 3.8) is 0 Å². The van der Waals surface area contributed by atoms with Crippen LogP contribution in [0, 0.1) is 11.3 Å². The van der Waals surface area contributed by atoms with E-state index in [0.717, 1.165) is 29.5 Å². The molecule has 0 aliphatic carbocycles. The molecular weight excluding hydrogens is 464 g/mol. The van der Waals surface area contributed by atoms with E-state index in [0.29, 0.717) is 35.0 Å². The van der Waals surface area contributed by atoms with Gasteiger partial charge in [0.2, 0.25) is 5.88 Å². The molecule has 0 bridgehead atoms. The zero-order chi connectivity index (χ0) is 26.6. The van der Waals surface area contributed by atoms with Crippen LogP contribution in [0.2, 0.25) is 0 Å². The van der Waals surface area contributed by atoms with Gasteiger partial charge >= 0.3 is 5.97 Å². The molecule has 3 aromatic carbocycles. The zero-order valence-electron chi connectivity index (χ0n) is 21.7. The number of carbonyl (C=O) groups is 1. The summed E-state index contributed by atoms with van der Waals surface area (Å²) in [5.74, 6) is 0.527. The number of nitriles is 1. The molecular formula is C31H32N2O4. The maximum atomic E-state index is 12.8. The van der Waals surface area contributed by atoms with E-state index in [4.69, 9.17) is 19.9 Å². The molecule has 1 aliphatic rings. The van der Waals surface area contributed by atoms with Crippen molar-refractivity contribution >= 4 is 5.97 Å². The summed E-state index contributed by atoms with van der Waals surface area (Å²) < 4.78 is 17.5. The third-order valence-electron chi connectivity index (χ3n) is 6.37. The molecule has 1 unspecified atom stereocenters. The first-order chi connectivity index (χ1) is 17.7. The summed E-state index contributed by atoms with van der Waals surface area (Å²) in [6, 6.07) is 22.4. The Kier molecular flexibility index (Phi) is 7.54. The predicted molar refractivity (Wildman–Crippen MR) is 143 cm³/mol. The first kappa shape index (κ1) is 25.8. The van der Waals surface area contributed by atoms with Gasteiger partial charge in [0.1, 0.15) is 28.9 Å². The van der Waals surface area contributed by atoms with Crippen molar-refractivity contribution in [3.05, 3.63) is 100 Å². The SMILES string of the molecule is CCCCOc1ccccc1C1C(C#N)=C(N)Oc2cc(OC(=O)c3ccc(C(C)(C)C)cc3)ccc21.